The van der Waals surface area contributed by atoms with Gasteiger partial charge in [0.2, 0.25) is 0 Å². The number of hydrogen-bond acceptors (Lipinski definition) is 8. The Hall–Kier alpha value is -4.05. The fourth-order valence-corrected chi connectivity index (χ4v) is 4.11. The first-order valence-electron chi connectivity index (χ1n) is 10.0. The molecule has 0 bridgehead atoms. The zero-order valence-corrected chi connectivity index (χ0v) is 18.6. The minimum Gasteiger partial charge on any atom is -0.497 e. The third-order valence-electron chi connectivity index (χ3n) is 4.68. The summed E-state index contributed by atoms with van der Waals surface area (Å²) in [6.07, 6.45) is 1.16. The fraction of sp³-hybridized carbons (Fsp3) is 0.130. The molecular formula is C23H20N4O5S. The number of aromatic nitrogens is 1. The van der Waals surface area contributed by atoms with Crippen LogP contribution in [0.1, 0.15) is 6.92 Å². The van der Waals surface area contributed by atoms with Gasteiger partial charge in [0, 0.05) is 17.5 Å². The van der Waals surface area contributed by atoms with Crippen molar-refractivity contribution >= 4 is 51.1 Å². The van der Waals surface area contributed by atoms with Crippen LogP contribution in [0, 0.1) is 0 Å². The largest absolute Gasteiger partial charge is 0.497 e. The van der Waals surface area contributed by atoms with Crippen LogP contribution in [0.5, 0.6) is 5.75 Å². The summed E-state index contributed by atoms with van der Waals surface area (Å²) < 4.78 is 10.2. The number of pyridine rings is 1. The number of fused-ring (bicyclic) bond motifs is 1. The predicted octanol–water partition coefficient (Wildman–Crippen LogP) is 3.45. The maximum atomic E-state index is 13.1. The van der Waals surface area contributed by atoms with E-state index in [4.69, 9.17) is 9.47 Å². The number of benzene rings is 2. The SMILES string of the molecule is CCOC(=O)/C=C1\S/C(=N\Nc2cc(=O)[nH]c3ccc(OC)cc23)N(c2ccccc2)C1=O. The minimum absolute atomic E-state index is 0.176. The van der Waals surface area contributed by atoms with E-state index >= 15 is 0 Å². The quantitative estimate of drug-likeness (QED) is 0.326. The van der Waals surface area contributed by atoms with Crippen LogP contribution in [-0.2, 0) is 14.3 Å². The number of methoxy groups -OCH3 is 1. The average Bonchev–Trinajstić information content (AvgIpc) is 3.12. The summed E-state index contributed by atoms with van der Waals surface area (Å²) >= 11 is 1.03. The highest BCUT2D eigenvalue weighted by Gasteiger charge is 2.35. The molecule has 0 atom stereocenters. The maximum absolute atomic E-state index is 13.1. The van der Waals surface area contributed by atoms with Crippen molar-refractivity contribution in [2.75, 3.05) is 24.0 Å². The lowest BCUT2D eigenvalue weighted by atomic mass is 10.2. The van der Waals surface area contributed by atoms with Gasteiger partial charge in [0.25, 0.3) is 11.5 Å². The normalized spacial score (nSPS) is 15.9. The molecule has 3 aromatic rings. The summed E-state index contributed by atoms with van der Waals surface area (Å²) in [5.74, 6) is -0.401. The lowest BCUT2D eigenvalue weighted by Crippen LogP contribution is -2.29. The maximum Gasteiger partial charge on any atom is 0.332 e. The van der Waals surface area contributed by atoms with Crippen molar-refractivity contribution in [3.63, 3.8) is 0 Å². The van der Waals surface area contributed by atoms with E-state index in [1.54, 1.807) is 56.5 Å². The number of hydrogen-bond donors (Lipinski definition) is 2. The van der Waals surface area contributed by atoms with Crippen molar-refractivity contribution in [1.29, 1.82) is 0 Å². The Morgan fingerprint density at radius 2 is 1.97 bits per heavy atom. The van der Waals surface area contributed by atoms with Gasteiger partial charge >= 0.3 is 5.97 Å². The zero-order chi connectivity index (χ0) is 23.4. The number of nitrogens with one attached hydrogen (secondary N) is 2. The van der Waals surface area contributed by atoms with Gasteiger partial charge in [-0.3, -0.25) is 19.9 Å². The molecule has 1 aliphatic rings. The number of H-pyrrole nitrogens is 1. The molecule has 0 radical (unpaired) electrons. The Morgan fingerprint density at radius 3 is 2.70 bits per heavy atom. The number of aromatic amines is 1. The molecule has 10 heteroatoms. The first kappa shape index (κ1) is 22.2. The predicted molar refractivity (Wildman–Crippen MR) is 128 cm³/mol. The van der Waals surface area contributed by atoms with Crippen LogP contribution in [0.2, 0.25) is 0 Å². The van der Waals surface area contributed by atoms with E-state index in [2.05, 4.69) is 15.5 Å². The van der Waals surface area contributed by atoms with Crippen molar-refractivity contribution in [3.05, 3.63) is 75.9 Å². The minimum atomic E-state index is -0.608. The van der Waals surface area contributed by atoms with Crippen LogP contribution < -0.4 is 20.6 Å². The fourth-order valence-electron chi connectivity index (χ4n) is 3.20. The topological polar surface area (TPSA) is 113 Å². The number of rotatable bonds is 6. The molecule has 4 rings (SSSR count). The lowest BCUT2D eigenvalue weighted by Gasteiger charge is -2.15. The number of carbonyl (C=O) groups excluding carboxylic acids is 2. The summed E-state index contributed by atoms with van der Waals surface area (Å²) in [6.45, 7) is 1.89. The number of esters is 1. The van der Waals surface area contributed by atoms with E-state index in [0.717, 1.165) is 17.8 Å². The summed E-state index contributed by atoms with van der Waals surface area (Å²) in [6, 6.07) is 15.5. The van der Waals surface area contributed by atoms with E-state index < -0.39 is 11.9 Å². The Labute approximate surface area is 193 Å². The molecule has 1 saturated heterocycles. The van der Waals surface area contributed by atoms with Crippen LogP contribution in [0.4, 0.5) is 11.4 Å². The van der Waals surface area contributed by atoms with Crippen LogP contribution in [-0.4, -0.2) is 35.7 Å². The van der Waals surface area contributed by atoms with Crippen molar-refractivity contribution in [3.8, 4) is 5.75 Å². The smallest absolute Gasteiger partial charge is 0.332 e. The molecule has 1 aromatic heterocycles. The number of anilines is 2. The summed E-state index contributed by atoms with van der Waals surface area (Å²) in [5.41, 5.74) is 4.20. The number of amidine groups is 1. The van der Waals surface area contributed by atoms with Gasteiger partial charge in [-0.2, -0.15) is 0 Å². The number of thioether (sulfide) groups is 1. The Morgan fingerprint density at radius 1 is 1.18 bits per heavy atom. The zero-order valence-electron chi connectivity index (χ0n) is 17.8. The van der Waals surface area contributed by atoms with Gasteiger partial charge in [-0.25, -0.2) is 4.79 Å². The van der Waals surface area contributed by atoms with E-state index in [-0.39, 0.29) is 22.2 Å². The molecule has 0 saturated carbocycles. The van der Waals surface area contributed by atoms with Crippen molar-refractivity contribution in [2.24, 2.45) is 5.10 Å². The third-order valence-corrected chi connectivity index (χ3v) is 5.65. The molecule has 0 aliphatic carbocycles. The first-order valence-corrected chi connectivity index (χ1v) is 10.8. The first-order chi connectivity index (χ1) is 16.0. The monoisotopic (exact) mass is 464 g/mol. The molecule has 2 heterocycles. The second kappa shape index (κ2) is 9.61. The molecule has 33 heavy (non-hydrogen) atoms. The average molecular weight is 465 g/mol. The van der Waals surface area contributed by atoms with Crippen LogP contribution >= 0.6 is 11.8 Å². The highest BCUT2D eigenvalue weighted by atomic mass is 32.2. The number of hydrazone groups is 1. The third kappa shape index (κ3) is 4.75. The van der Waals surface area contributed by atoms with E-state index in [0.29, 0.717) is 28.0 Å². The summed E-state index contributed by atoms with van der Waals surface area (Å²) in [4.78, 5) is 41.4. The lowest BCUT2D eigenvalue weighted by molar-refractivity contribution is -0.137. The van der Waals surface area contributed by atoms with E-state index in [1.165, 1.54) is 11.0 Å². The van der Waals surface area contributed by atoms with E-state index in [9.17, 15) is 14.4 Å². The molecule has 1 amide bonds. The number of para-hydroxylation sites is 1. The van der Waals surface area contributed by atoms with Gasteiger partial charge in [0.1, 0.15) is 5.75 Å². The van der Waals surface area contributed by atoms with Gasteiger partial charge < -0.3 is 14.5 Å². The second-order valence-corrected chi connectivity index (χ2v) is 7.81. The number of ether oxygens (including phenoxy) is 2. The number of carbonyl (C=O) groups is 2. The van der Waals surface area contributed by atoms with Gasteiger partial charge in [0.05, 0.1) is 35.5 Å². The Bertz CT molecular complexity index is 1330. The molecule has 1 aliphatic heterocycles. The molecule has 168 valence electrons. The Kier molecular flexibility index (Phi) is 6.45. The molecule has 1 fully saturated rings. The van der Waals surface area contributed by atoms with Crippen LogP contribution in [0.3, 0.4) is 0 Å². The number of nitrogens with zero attached hydrogens (tertiary/aromatic N) is 2. The molecule has 2 N–H and O–H groups in total. The van der Waals surface area contributed by atoms with E-state index in [1.807, 2.05) is 6.07 Å². The van der Waals surface area contributed by atoms with Crippen LogP contribution in [0.15, 0.2) is 75.5 Å². The molecule has 9 nitrogen and oxygen atoms in total. The van der Waals surface area contributed by atoms with Crippen molar-refractivity contribution in [1.82, 2.24) is 4.98 Å². The number of amides is 1. The molecule has 0 spiro atoms. The van der Waals surface area contributed by atoms with Gasteiger partial charge in [-0.1, -0.05) is 18.2 Å². The van der Waals surface area contributed by atoms with Gasteiger partial charge in [-0.15, -0.1) is 5.10 Å². The standard InChI is InChI=1S/C23H20N4O5S/c1-3-32-21(29)13-19-22(30)27(14-7-5-4-6-8-14)23(33-19)26-25-18-12-20(28)24-17-10-9-15(31-2)11-16(17)18/h4-13H,3H2,1-2H3,(H2,24,25,28)/b19-13-,26-23-. The Balaban J connectivity index is 1.74. The van der Waals surface area contributed by atoms with Crippen LogP contribution in [0.25, 0.3) is 10.9 Å². The summed E-state index contributed by atoms with van der Waals surface area (Å²) in [5, 5.41) is 5.37. The van der Waals surface area contributed by atoms with Gasteiger partial charge in [-0.05, 0) is 49.0 Å². The molecule has 0 unspecified atom stereocenters. The molecule has 2 aromatic carbocycles. The van der Waals surface area contributed by atoms with Gasteiger partial charge in [0.15, 0.2) is 5.17 Å². The highest BCUT2D eigenvalue weighted by Crippen LogP contribution is 2.35. The van der Waals surface area contributed by atoms with Crippen molar-refractivity contribution in [2.45, 2.75) is 6.92 Å². The highest BCUT2D eigenvalue weighted by molar-refractivity contribution is 8.19. The summed E-state index contributed by atoms with van der Waals surface area (Å²) in [7, 11) is 1.55. The molecular weight excluding hydrogens is 444 g/mol. The second-order valence-electron chi connectivity index (χ2n) is 6.80. The van der Waals surface area contributed by atoms with Crippen molar-refractivity contribution < 1.29 is 19.1 Å².